The van der Waals surface area contributed by atoms with Gasteiger partial charge in [0.05, 0.1) is 0 Å². The average molecular weight is 166 g/mol. The van der Waals surface area contributed by atoms with Crippen molar-refractivity contribution in [2.75, 3.05) is 0 Å². The summed E-state index contributed by atoms with van der Waals surface area (Å²) in [5, 5.41) is 0. The quantitative estimate of drug-likeness (QED) is 0.425. The van der Waals surface area contributed by atoms with E-state index in [1.807, 2.05) is 0 Å². The molecule has 0 radical (unpaired) electrons. The number of nitrogens with two attached hydrogens (primary N) is 2. The minimum absolute atomic E-state index is 0. The smallest absolute Gasteiger partial charge is 0.309 e. The summed E-state index contributed by atoms with van der Waals surface area (Å²) in [7, 11) is 1.39. The molecular weight excluding hydrogens is 148 g/mol. The van der Waals surface area contributed by atoms with Gasteiger partial charge in [0.15, 0.2) is 0 Å². The molecule has 0 atom stereocenters. The molecule has 0 saturated carbocycles. The van der Waals surface area contributed by atoms with Crippen molar-refractivity contribution in [3.63, 3.8) is 0 Å². The summed E-state index contributed by atoms with van der Waals surface area (Å²) in [5.74, 6) is 0. The number of rotatable bonds is 1. The van der Waals surface area contributed by atoms with E-state index >= 15 is 0 Å². The average Bonchev–Trinajstić information content (AvgIpc) is 1.65. The van der Waals surface area contributed by atoms with Crippen LogP contribution in [0.5, 0.6) is 0 Å². The fraction of sp³-hybridized carbons (Fsp3) is 0.750. The molecule has 0 aliphatic carbocycles. The molecular formula is C4H18N2OSi2. The standard InChI is InChI=1S/C3H10Si.CH4N2O.H4Si/c1-2-3-4;2-1(3)4;/h2-3H2,1,4H3;(H4,2,3,4);1H4. The summed E-state index contributed by atoms with van der Waals surface area (Å²) in [6.45, 7) is 2.22. The molecule has 0 aliphatic rings. The van der Waals surface area contributed by atoms with Crippen LogP contribution in [0.4, 0.5) is 4.79 Å². The first-order chi connectivity index (χ1) is 3.65. The lowest BCUT2D eigenvalue weighted by Crippen LogP contribution is -2.18. The maximum Gasteiger partial charge on any atom is 0.309 e. The molecule has 0 heterocycles. The molecule has 0 rings (SSSR count). The van der Waals surface area contributed by atoms with Gasteiger partial charge in [-0.2, -0.15) is 0 Å². The second-order valence-corrected chi connectivity index (χ2v) is 2.40. The van der Waals surface area contributed by atoms with E-state index in [-0.39, 0.29) is 11.0 Å². The molecule has 4 N–H and O–H groups in total. The van der Waals surface area contributed by atoms with E-state index in [0.29, 0.717) is 0 Å². The molecule has 0 spiro atoms. The van der Waals surface area contributed by atoms with Crippen molar-refractivity contribution >= 4 is 27.2 Å². The van der Waals surface area contributed by atoms with E-state index in [4.69, 9.17) is 4.79 Å². The van der Waals surface area contributed by atoms with Crippen LogP contribution in [-0.4, -0.2) is 27.2 Å². The van der Waals surface area contributed by atoms with Crippen LogP contribution in [0.15, 0.2) is 0 Å². The van der Waals surface area contributed by atoms with Gasteiger partial charge in [0, 0.05) is 10.2 Å². The first kappa shape index (κ1) is 15.9. The number of hydrogen-bond acceptors (Lipinski definition) is 1. The lowest BCUT2D eigenvalue weighted by atomic mass is 10.6. The van der Waals surface area contributed by atoms with E-state index in [0.717, 1.165) is 0 Å². The fourth-order valence-corrected chi connectivity index (χ4v) is 0. The summed E-state index contributed by atoms with van der Waals surface area (Å²) in [5.41, 5.74) is 8.50. The number of primary amides is 2. The molecule has 2 amide bonds. The molecule has 58 valence electrons. The van der Waals surface area contributed by atoms with Crippen LogP contribution in [0, 0.1) is 0 Å². The van der Waals surface area contributed by atoms with Crippen molar-refractivity contribution in [1.82, 2.24) is 0 Å². The van der Waals surface area contributed by atoms with Crippen LogP contribution in [0.1, 0.15) is 13.3 Å². The maximum atomic E-state index is 9.00. The number of amides is 2. The van der Waals surface area contributed by atoms with Crippen molar-refractivity contribution in [2.45, 2.75) is 19.4 Å². The van der Waals surface area contributed by atoms with Crippen molar-refractivity contribution < 1.29 is 4.79 Å². The van der Waals surface area contributed by atoms with Crippen molar-refractivity contribution in [1.29, 1.82) is 0 Å². The summed E-state index contributed by atoms with van der Waals surface area (Å²) < 4.78 is 0. The van der Waals surface area contributed by atoms with Gasteiger partial charge in [-0.05, 0) is 11.0 Å². The summed E-state index contributed by atoms with van der Waals surface area (Å²) >= 11 is 0. The van der Waals surface area contributed by atoms with Gasteiger partial charge in [0.1, 0.15) is 0 Å². The number of hydrogen-bond donors (Lipinski definition) is 2. The van der Waals surface area contributed by atoms with Gasteiger partial charge in [0.2, 0.25) is 0 Å². The highest BCUT2D eigenvalue weighted by atomic mass is 28.1. The van der Waals surface area contributed by atoms with E-state index in [1.54, 1.807) is 0 Å². The molecule has 0 aromatic rings. The molecule has 5 heteroatoms. The van der Waals surface area contributed by atoms with Gasteiger partial charge in [-0.3, -0.25) is 0 Å². The normalized spacial score (nSPS) is 6.33. The lowest BCUT2D eigenvalue weighted by Gasteiger charge is -1.67. The Morgan fingerprint density at radius 2 is 1.67 bits per heavy atom. The van der Waals surface area contributed by atoms with Crippen LogP contribution in [0.3, 0.4) is 0 Å². The highest BCUT2D eigenvalue weighted by Crippen LogP contribution is 1.73. The Kier molecular flexibility index (Phi) is 27.6. The number of carbonyl (C=O) groups is 1. The Hall–Kier alpha value is -0.296. The number of carbonyl (C=O) groups excluding carboxylic acids is 1. The highest BCUT2D eigenvalue weighted by molar-refractivity contribution is 6.08. The van der Waals surface area contributed by atoms with Crippen LogP contribution in [0.2, 0.25) is 6.04 Å². The minimum atomic E-state index is -0.833. The topological polar surface area (TPSA) is 69.1 Å². The van der Waals surface area contributed by atoms with E-state index in [1.165, 1.54) is 22.7 Å². The molecule has 3 nitrogen and oxygen atoms in total. The van der Waals surface area contributed by atoms with Crippen LogP contribution in [0.25, 0.3) is 0 Å². The zero-order valence-electron chi connectivity index (χ0n) is 5.48. The monoisotopic (exact) mass is 166 g/mol. The van der Waals surface area contributed by atoms with Gasteiger partial charge in [-0.15, -0.1) is 0 Å². The molecule has 9 heavy (non-hydrogen) atoms. The molecule has 0 fully saturated rings. The van der Waals surface area contributed by atoms with Crippen LogP contribution >= 0.6 is 0 Å². The first-order valence-corrected chi connectivity index (χ1v) is 4.11. The van der Waals surface area contributed by atoms with Crippen molar-refractivity contribution in [2.24, 2.45) is 11.5 Å². The Balaban J connectivity index is -0.0000000720. The van der Waals surface area contributed by atoms with Gasteiger partial charge in [-0.25, -0.2) is 4.79 Å². The van der Waals surface area contributed by atoms with Gasteiger partial charge in [-0.1, -0.05) is 19.4 Å². The predicted octanol–water partition coefficient (Wildman–Crippen LogP) is -2.25. The zero-order chi connectivity index (χ0) is 6.99. The van der Waals surface area contributed by atoms with Gasteiger partial charge < -0.3 is 11.5 Å². The fourth-order valence-electron chi connectivity index (χ4n) is 0. The third-order valence-corrected chi connectivity index (χ3v) is 1.50. The van der Waals surface area contributed by atoms with Crippen LogP contribution < -0.4 is 11.5 Å². The highest BCUT2D eigenvalue weighted by Gasteiger charge is 1.60. The van der Waals surface area contributed by atoms with E-state index in [9.17, 15) is 0 Å². The van der Waals surface area contributed by atoms with Crippen molar-refractivity contribution in [3.8, 4) is 0 Å². The maximum absolute atomic E-state index is 9.00. The Morgan fingerprint density at radius 3 is 1.67 bits per heavy atom. The second kappa shape index (κ2) is 15.6. The third-order valence-electron chi connectivity index (χ3n) is 0.500. The van der Waals surface area contributed by atoms with Gasteiger partial charge >= 0.3 is 6.03 Å². The van der Waals surface area contributed by atoms with Crippen molar-refractivity contribution in [3.05, 3.63) is 0 Å². The molecule has 0 aromatic heterocycles. The molecule has 0 saturated heterocycles. The largest absolute Gasteiger partial charge is 0.352 e. The molecule has 0 aromatic carbocycles. The molecule has 0 unspecified atom stereocenters. The third kappa shape index (κ3) is 506. The summed E-state index contributed by atoms with van der Waals surface area (Å²) in [6, 6.07) is 0.625. The summed E-state index contributed by atoms with van der Waals surface area (Å²) in [4.78, 5) is 9.00. The van der Waals surface area contributed by atoms with E-state index in [2.05, 4.69) is 18.4 Å². The Bertz CT molecular complexity index is 54.5. The molecule has 0 bridgehead atoms. The first-order valence-electron chi connectivity index (χ1n) is 2.70. The zero-order valence-corrected chi connectivity index (χ0v) is 7.48. The molecule has 0 aliphatic heterocycles. The summed E-state index contributed by atoms with van der Waals surface area (Å²) in [6.07, 6.45) is 1.38. The predicted molar refractivity (Wildman–Crippen MR) is 50.1 cm³/mol. The second-order valence-electron chi connectivity index (χ2n) is 1.40. The Labute approximate surface area is 63.6 Å². The SMILES string of the molecule is CCC[SiH3].NC(N)=O.[SiH4]. The van der Waals surface area contributed by atoms with E-state index < -0.39 is 6.03 Å². The van der Waals surface area contributed by atoms with Gasteiger partial charge in [0.25, 0.3) is 0 Å². The Morgan fingerprint density at radius 1 is 1.56 bits per heavy atom. The lowest BCUT2D eigenvalue weighted by molar-refractivity contribution is 0.256. The minimum Gasteiger partial charge on any atom is -0.352 e. The van der Waals surface area contributed by atoms with Crippen LogP contribution in [-0.2, 0) is 0 Å². The number of urea groups is 1.